The highest BCUT2D eigenvalue weighted by molar-refractivity contribution is 4.71. The van der Waals surface area contributed by atoms with Crippen LogP contribution in [0.15, 0.2) is 12.7 Å². The van der Waals surface area contributed by atoms with Crippen molar-refractivity contribution in [2.45, 2.75) is 45.6 Å². The highest BCUT2D eigenvalue weighted by Gasteiger charge is 2.07. The summed E-state index contributed by atoms with van der Waals surface area (Å²) < 4.78 is 2.12. The minimum Gasteiger partial charge on any atom is -0.317 e. The Kier molecular flexibility index (Phi) is 3.77. The van der Waals surface area contributed by atoms with Crippen molar-refractivity contribution < 1.29 is 0 Å². The van der Waals surface area contributed by atoms with Gasteiger partial charge in [0.1, 0.15) is 12.7 Å². The molecule has 0 aliphatic carbocycles. The van der Waals surface area contributed by atoms with Crippen molar-refractivity contribution in [3.05, 3.63) is 12.7 Å². The highest BCUT2D eigenvalue weighted by atomic mass is 15.2. The average molecular weight is 167 g/mol. The van der Waals surface area contributed by atoms with Gasteiger partial charge >= 0.3 is 0 Å². The number of hydrogen-bond donors (Lipinski definition) is 0. The van der Waals surface area contributed by atoms with Crippen molar-refractivity contribution in [2.24, 2.45) is 0 Å². The monoisotopic (exact) mass is 167 g/mol. The molecule has 0 saturated carbocycles. The van der Waals surface area contributed by atoms with Crippen molar-refractivity contribution >= 4 is 0 Å². The Morgan fingerprint density at radius 3 is 2.00 bits per heavy atom. The summed E-state index contributed by atoms with van der Waals surface area (Å²) in [6.07, 6.45) is 8.54. The summed E-state index contributed by atoms with van der Waals surface area (Å²) in [6, 6.07) is 0.606. The minimum atomic E-state index is 0.606. The Morgan fingerprint density at radius 1 is 1.08 bits per heavy atom. The number of rotatable bonds is 5. The van der Waals surface area contributed by atoms with Crippen molar-refractivity contribution in [2.75, 3.05) is 0 Å². The smallest absolute Gasteiger partial charge is 0.119 e. The van der Waals surface area contributed by atoms with E-state index in [0.29, 0.717) is 6.04 Å². The molecule has 0 atom stereocenters. The van der Waals surface area contributed by atoms with E-state index in [0.717, 1.165) is 0 Å². The van der Waals surface area contributed by atoms with Gasteiger partial charge in [-0.25, -0.2) is 0 Å². The van der Waals surface area contributed by atoms with Gasteiger partial charge in [0.15, 0.2) is 0 Å². The fourth-order valence-electron chi connectivity index (χ4n) is 1.51. The van der Waals surface area contributed by atoms with Gasteiger partial charge in [-0.2, -0.15) is 0 Å². The van der Waals surface area contributed by atoms with Crippen LogP contribution >= 0.6 is 0 Å². The van der Waals surface area contributed by atoms with E-state index in [-0.39, 0.29) is 0 Å². The molecule has 1 rings (SSSR count). The number of hydrogen-bond acceptors (Lipinski definition) is 2. The Balaban J connectivity index is 2.53. The Hall–Kier alpha value is -0.860. The molecule has 1 heterocycles. The molecule has 68 valence electrons. The van der Waals surface area contributed by atoms with Gasteiger partial charge in [0.2, 0.25) is 0 Å². The van der Waals surface area contributed by atoms with Crippen molar-refractivity contribution in [3.8, 4) is 0 Å². The summed E-state index contributed by atoms with van der Waals surface area (Å²) in [6.45, 7) is 4.43. The Morgan fingerprint density at radius 2 is 1.58 bits per heavy atom. The number of aromatic nitrogens is 3. The molecular weight excluding hydrogens is 150 g/mol. The van der Waals surface area contributed by atoms with Gasteiger partial charge in [0.05, 0.1) is 0 Å². The second-order valence-corrected chi connectivity index (χ2v) is 3.14. The molecule has 0 radical (unpaired) electrons. The molecule has 0 amide bonds. The van der Waals surface area contributed by atoms with Gasteiger partial charge < -0.3 is 4.57 Å². The third-order valence-corrected chi connectivity index (χ3v) is 2.10. The molecule has 3 heteroatoms. The molecule has 1 aromatic rings. The van der Waals surface area contributed by atoms with E-state index < -0.39 is 0 Å². The third-order valence-electron chi connectivity index (χ3n) is 2.10. The largest absolute Gasteiger partial charge is 0.317 e. The van der Waals surface area contributed by atoms with Crippen molar-refractivity contribution in [1.29, 1.82) is 0 Å². The molecule has 0 fully saturated rings. The van der Waals surface area contributed by atoms with Crippen LogP contribution in [0.4, 0.5) is 0 Å². The Labute approximate surface area is 73.8 Å². The zero-order valence-electron chi connectivity index (χ0n) is 7.90. The zero-order valence-corrected chi connectivity index (χ0v) is 7.90. The third kappa shape index (κ3) is 2.32. The molecule has 1 aromatic heterocycles. The maximum absolute atomic E-state index is 3.82. The summed E-state index contributed by atoms with van der Waals surface area (Å²) >= 11 is 0. The molecule has 0 aliphatic rings. The lowest BCUT2D eigenvalue weighted by atomic mass is 10.1. The zero-order chi connectivity index (χ0) is 8.81. The van der Waals surface area contributed by atoms with E-state index in [1.165, 1.54) is 25.7 Å². The fourth-order valence-corrected chi connectivity index (χ4v) is 1.51. The van der Waals surface area contributed by atoms with Gasteiger partial charge in [-0.1, -0.05) is 26.7 Å². The second-order valence-electron chi connectivity index (χ2n) is 3.14. The van der Waals surface area contributed by atoms with E-state index in [9.17, 15) is 0 Å². The van der Waals surface area contributed by atoms with Crippen LogP contribution < -0.4 is 0 Å². The summed E-state index contributed by atoms with van der Waals surface area (Å²) in [7, 11) is 0. The van der Waals surface area contributed by atoms with Gasteiger partial charge in [0.25, 0.3) is 0 Å². The highest BCUT2D eigenvalue weighted by Crippen LogP contribution is 2.18. The van der Waals surface area contributed by atoms with E-state index in [4.69, 9.17) is 0 Å². The van der Waals surface area contributed by atoms with Crippen LogP contribution in [0.2, 0.25) is 0 Å². The lowest BCUT2D eigenvalue weighted by molar-refractivity contribution is 0.425. The molecule has 0 aromatic carbocycles. The maximum Gasteiger partial charge on any atom is 0.119 e. The van der Waals surface area contributed by atoms with Crippen LogP contribution in [0.5, 0.6) is 0 Å². The molecule has 0 aliphatic heterocycles. The van der Waals surface area contributed by atoms with Gasteiger partial charge in [0, 0.05) is 6.04 Å². The quantitative estimate of drug-likeness (QED) is 0.674. The summed E-state index contributed by atoms with van der Waals surface area (Å²) in [5.41, 5.74) is 0. The molecular formula is C9H17N3. The standard InChI is InChI=1S/C9H17N3/c1-3-5-9(6-4-2)12-7-10-11-8-12/h7-9H,3-6H2,1-2H3. The normalized spacial score (nSPS) is 10.9. The fraction of sp³-hybridized carbons (Fsp3) is 0.778. The molecule has 0 spiro atoms. The first-order valence-electron chi connectivity index (χ1n) is 4.72. The van der Waals surface area contributed by atoms with Crippen LogP contribution in [0, 0.1) is 0 Å². The molecule has 12 heavy (non-hydrogen) atoms. The number of nitrogens with zero attached hydrogens (tertiary/aromatic N) is 3. The van der Waals surface area contributed by atoms with Crippen LogP contribution in [-0.2, 0) is 0 Å². The van der Waals surface area contributed by atoms with Crippen molar-refractivity contribution in [1.82, 2.24) is 14.8 Å². The first kappa shape index (κ1) is 9.23. The van der Waals surface area contributed by atoms with E-state index in [1.807, 2.05) is 12.7 Å². The van der Waals surface area contributed by atoms with Gasteiger partial charge in [-0.3, -0.25) is 0 Å². The maximum atomic E-state index is 3.82. The molecule has 3 nitrogen and oxygen atoms in total. The van der Waals surface area contributed by atoms with Gasteiger partial charge in [-0.05, 0) is 12.8 Å². The SMILES string of the molecule is CCCC(CCC)n1cnnc1. The first-order chi connectivity index (χ1) is 5.88. The van der Waals surface area contributed by atoms with Crippen LogP contribution in [0.1, 0.15) is 45.6 Å². The molecule has 0 bridgehead atoms. The van der Waals surface area contributed by atoms with E-state index >= 15 is 0 Å². The summed E-state index contributed by atoms with van der Waals surface area (Å²) in [4.78, 5) is 0. The second kappa shape index (κ2) is 4.91. The summed E-state index contributed by atoms with van der Waals surface area (Å²) in [5.74, 6) is 0. The predicted octanol–water partition coefficient (Wildman–Crippen LogP) is 2.42. The topological polar surface area (TPSA) is 30.7 Å². The first-order valence-corrected chi connectivity index (χ1v) is 4.72. The van der Waals surface area contributed by atoms with Crippen LogP contribution in [0.3, 0.4) is 0 Å². The molecule has 0 unspecified atom stereocenters. The lowest BCUT2D eigenvalue weighted by Gasteiger charge is -2.15. The minimum absolute atomic E-state index is 0.606. The Bertz CT molecular complexity index is 188. The van der Waals surface area contributed by atoms with Gasteiger partial charge in [-0.15, -0.1) is 10.2 Å². The summed E-state index contributed by atoms with van der Waals surface area (Å²) in [5, 5.41) is 7.64. The van der Waals surface area contributed by atoms with Crippen LogP contribution in [-0.4, -0.2) is 14.8 Å². The van der Waals surface area contributed by atoms with E-state index in [1.54, 1.807) is 0 Å². The predicted molar refractivity (Wildman–Crippen MR) is 48.9 cm³/mol. The molecule has 0 N–H and O–H groups in total. The van der Waals surface area contributed by atoms with E-state index in [2.05, 4.69) is 28.6 Å². The van der Waals surface area contributed by atoms with Crippen LogP contribution in [0.25, 0.3) is 0 Å². The average Bonchev–Trinajstić information content (AvgIpc) is 2.56. The lowest BCUT2D eigenvalue weighted by Crippen LogP contribution is -2.06. The molecule has 0 saturated heterocycles. The van der Waals surface area contributed by atoms with Crippen molar-refractivity contribution in [3.63, 3.8) is 0 Å².